The first-order valence-electron chi connectivity index (χ1n) is 16.2. The summed E-state index contributed by atoms with van der Waals surface area (Å²) in [6.45, 7) is 0.201. The van der Waals surface area contributed by atoms with E-state index in [1.54, 1.807) is 0 Å². The summed E-state index contributed by atoms with van der Waals surface area (Å²) in [4.78, 5) is 2.60. The normalized spacial score (nSPS) is 13.3. The van der Waals surface area contributed by atoms with Crippen molar-refractivity contribution in [3.05, 3.63) is 133 Å². The molecule has 4 aromatic heterocycles. The Morgan fingerprint density at radius 1 is 0.542 bits per heavy atom. The molecule has 0 N–H and O–H groups in total. The van der Waals surface area contributed by atoms with Gasteiger partial charge in [0.15, 0.2) is 0 Å². The van der Waals surface area contributed by atoms with Crippen LogP contribution in [0.4, 0.5) is 17.1 Å². The molecule has 0 saturated heterocycles. The van der Waals surface area contributed by atoms with Crippen molar-refractivity contribution >= 4 is 125 Å². The van der Waals surface area contributed by atoms with Crippen molar-refractivity contribution in [1.29, 1.82) is 0 Å². The van der Waals surface area contributed by atoms with Gasteiger partial charge in [-0.3, -0.25) is 0 Å². The summed E-state index contributed by atoms with van der Waals surface area (Å²) < 4.78 is 13.5. The molecule has 0 bridgehead atoms. The fraction of sp³-hybridized carbons (Fsp3) is 0. The zero-order valence-corrected chi connectivity index (χ0v) is 27.8. The second kappa shape index (κ2) is 9.27. The van der Waals surface area contributed by atoms with Crippen LogP contribution >= 0.6 is 34.0 Å². The molecule has 6 heterocycles. The molecule has 0 aliphatic carbocycles. The van der Waals surface area contributed by atoms with Crippen molar-refractivity contribution in [2.75, 3.05) is 4.90 Å². The lowest BCUT2D eigenvalue weighted by Crippen LogP contribution is -2.52. The Hall–Kier alpha value is -5.14. The molecule has 0 radical (unpaired) electrons. The van der Waals surface area contributed by atoms with E-state index < -0.39 is 0 Å². The second-order valence-electron chi connectivity index (χ2n) is 12.8. The third-order valence-corrected chi connectivity index (χ3v) is 13.8. The summed E-state index contributed by atoms with van der Waals surface area (Å²) in [6, 6.07) is 46.7. The monoisotopic (exact) mass is 663 g/mol. The number of hydrogen-bond donors (Lipinski definition) is 0. The highest BCUT2D eigenvalue weighted by Gasteiger charge is 2.47. The van der Waals surface area contributed by atoms with E-state index in [4.69, 9.17) is 4.42 Å². The van der Waals surface area contributed by atoms with Crippen LogP contribution in [0.5, 0.6) is 0 Å². The Labute approximate surface area is 287 Å². The zero-order chi connectivity index (χ0) is 31.1. The Morgan fingerprint density at radius 3 is 2.10 bits per heavy atom. The van der Waals surface area contributed by atoms with E-state index >= 15 is 0 Å². The van der Waals surface area contributed by atoms with Gasteiger partial charge in [0.2, 0.25) is 0 Å². The molecule has 0 spiro atoms. The largest absolute Gasteiger partial charge is 0.455 e. The average molecular weight is 664 g/mol. The molecule has 222 valence electrons. The number of benzene rings is 6. The number of furan rings is 1. The summed E-state index contributed by atoms with van der Waals surface area (Å²) in [5, 5.41) is 8.63. The molecule has 0 atom stereocenters. The van der Waals surface area contributed by atoms with Crippen LogP contribution in [-0.4, -0.2) is 6.71 Å². The van der Waals surface area contributed by atoms with E-state index in [0.717, 1.165) is 27.5 Å². The first-order valence-corrected chi connectivity index (χ1v) is 18.7. The molecular formula is C42H22BNOS3. The maximum Gasteiger partial charge on any atom is 0.273 e. The third kappa shape index (κ3) is 3.23. The highest BCUT2D eigenvalue weighted by atomic mass is 32.1. The van der Waals surface area contributed by atoms with E-state index in [9.17, 15) is 0 Å². The van der Waals surface area contributed by atoms with Crippen molar-refractivity contribution in [2.24, 2.45) is 0 Å². The minimum Gasteiger partial charge on any atom is -0.455 e. The zero-order valence-electron chi connectivity index (χ0n) is 25.4. The van der Waals surface area contributed by atoms with Gasteiger partial charge in [0, 0.05) is 57.1 Å². The molecule has 0 amide bonds. The van der Waals surface area contributed by atoms with Gasteiger partial charge in [-0.2, -0.15) is 0 Å². The molecule has 10 aromatic rings. The van der Waals surface area contributed by atoms with Crippen molar-refractivity contribution in [2.45, 2.75) is 0 Å². The summed E-state index contributed by atoms with van der Waals surface area (Å²) in [7, 11) is 0. The van der Waals surface area contributed by atoms with Crippen LogP contribution in [0.25, 0.3) is 74.5 Å². The summed E-state index contributed by atoms with van der Waals surface area (Å²) >= 11 is 5.77. The lowest BCUT2D eigenvalue weighted by atomic mass is 9.43. The molecule has 48 heavy (non-hydrogen) atoms. The molecule has 2 aliphatic heterocycles. The van der Waals surface area contributed by atoms with Gasteiger partial charge < -0.3 is 9.32 Å². The van der Waals surface area contributed by atoms with E-state index in [0.29, 0.717) is 0 Å². The SMILES string of the molecule is c1ccc2c(c1)oc1c(-c3cc4c5c(c3)N(c3csc6ccccc36)c3c(sc6ccccc36)B5c3sc5ccccc5c3-4)cccc12. The van der Waals surface area contributed by atoms with Gasteiger partial charge in [-0.15, -0.1) is 34.0 Å². The van der Waals surface area contributed by atoms with Crippen LogP contribution < -0.4 is 19.9 Å². The number of para-hydroxylation sites is 2. The number of rotatable bonds is 2. The number of anilines is 3. The summed E-state index contributed by atoms with van der Waals surface area (Å²) in [5.74, 6) is 0. The predicted octanol–water partition coefficient (Wildman–Crippen LogP) is 11.2. The third-order valence-electron chi connectivity index (χ3n) is 10.3. The lowest BCUT2D eigenvalue weighted by Gasteiger charge is -2.34. The average Bonchev–Trinajstić information content (AvgIpc) is 3.95. The standard InChI is InChI=1S/C42H22BNOS3/c1-5-16-33-25(10-1)26-15-9-14-24(40(26)45-33)23-20-30-37-28-12-3-7-18-35(28)47-41(37)43-38(30)31(21-23)44(32-22-46-34-17-6-2-11-27(32)34)39-29-13-4-8-19-36(29)48-42(39)43/h1-22H. The number of hydrogen-bond acceptors (Lipinski definition) is 5. The second-order valence-corrected chi connectivity index (χ2v) is 15.8. The molecule has 2 nitrogen and oxygen atoms in total. The first-order chi connectivity index (χ1) is 23.8. The highest BCUT2D eigenvalue weighted by molar-refractivity contribution is 7.41. The predicted molar refractivity (Wildman–Crippen MR) is 210 cm³/mol. The first kappa shape index (κ1) is 25.9. The van der Waals surface area contributed by atoms with Gasteiger partial charge in [-0.25, -0.2) is 0 Å². The lowest BCUT2D eigenvalue weighted by molar-refractivity contribution is 0.670. The van der Waals surface area contributed by atoms with E-state index in [-0.39, 0.29) is 6.71 Å². The number of fused-ring (bicyclic) bond motifs is 13. The van der Waals surface area contributed by atoms with Crippen LogP contribution in [0, 0.1) is 0 Å². The van der Waals surface area contributed by atoms with Crippen molar-refractivity contribution in [3.8, 4) is 22.3 Å². The van der Waals surface area contributed by atoms with Crippen LogP contribution in [0.2, 0.25) is 0 Å². The van der Waals surface area contributed by atoms with Crippen LogP contribution in [0.3, 0.4) is 0 Å². The Balaban J connectivity index is 1.25. The fourth-order valence-corrected chi connectivity index (χ4v) is 12.0. The van der Waals surface area contributed by atoms with Crippen LogP contribution in [-0.2, 0) is 0 Å². The molecule has 0 unspecified atom stereocenters. The molecular weight excluding hydrogens is 641 g/mol. The molecule has 12 rings (SSSR count). The van der Waals surface area contributed by atoms with Crippen LogP contribution in [0.1, 0.15) is 0 Å². The number of nitrogens with zero attached hydrogens (tertiary/aromatic N) is 1. The fourth-order valence-electron chi connectivity index (χ4n) is 8.37. The van der Waals surface area contributed by atoms with E-state index in [1.807, 2.05) is 34.0 Å². The maximum atomic E-state index is 6.64. The summed E-state index contributed by atoms with van der Waals surface area (Å²) in [5.41, 5.74) is 12.2. The van der Waals surface area contributed by atoms with Crippen molar-refractivity contribution in [3.63, 3.8) is 0 Å². The van der Waals surface area contributed by atoms with Gasteiger partial charge in [0.05, 0.1) is 11.4 Å². The van der Waals surface area contributed by atoms with Gasteiger partial charge in [0.1, 0.15) is 11.2 Å². The van der Waals surface area contributed by atoms with E-state index in [2.05, 4.69) is 138 Å². The van der Waals surface area contributed by atoms with Gasteiger partial charge in [-0.05, 0) is 68.7 Å². The van der Waals surface area contributed by atoms with E-state index in [1.165, 1.54) is 79.0 Å². The molecule has 0 saturated carbocycles. The topological polar surface area (TPSA) is 16.4 Å². The molecule has 2 aliphatic rings. The maximum absolute atomic E-state index is 6.64. The minimum atomic E-state index is 0.201. The quantitative estimate of drug-likeness (QED) is 0.171. The van der Waals surface area contributed by atoms with Crippen LogP contribution in [0.15, 0.2) is 137 Å². The van der Waals surface area contributed by atoms with Gasteiger partial charge in [-0.1, -0.05) is 91.0 Å². The van der Waals surface area contributed by atoms with Gasteiger partial charge >= 0.3 is 0 Å². The molecule has 6 heteroatoms. The Kier molecular flexibility index (Phi) is 5.00. The summed E-state index contributed by atoms with van der Waals surface area (Å²) in [6.07, 6.45) is 0. The number of thiophene rings is 3. The smallest absolute Gasteiger partial charge is 0.273 e. The highest BCUT2D eigenvalue weighted by Crippen LogP contribution is 2.51. The van der Waals surface area contributed by atoms with Crippen molar-refractivity contribution < 1.29 is 4.42 Å². The Morgan fingerprint density at radius 2 is 1.23 bits per heavy atom. The molecule has 0 fully saturated rings. The van der Waals surface area contributed by atoms with Crippen molar-refractivity contribution in [1.82, 2.24) is 0 Å². The Bertz CT molecular complexity index is 3000. The molecule has 6 aromatic carbocycles. The minimum absolute atomic E-state index is 0.201. The van der Waals surface area contributed by atoms with Gasteiger partial charge in [0.25, 0.3) is 6.71 Å².